The average molecular weight is 254 g/mol. The number of carbonyl (C=O) groups is 1. The lowest BCUT2D eigenvalue weighted by molar-refractivity contribution is 0.0918. The smallest absolute Gasteiger partial charge is 0.267 e. The van der Waals surface area contributed by atoms with Crippen molar-refractivity contribution in [1.29, 1.82) is 0 Å². The van der Waals surface area contributed by atoms with Crippen LogP contribution in [-0.4, -0.2) is 16.9 Å². The predicted molar refractivity (Wildman–Crippen MR) is 75.0 cm³/mol. The topological polar surface area (TPSA) is 44.9 Å². The van der Waals surface area contributed by atoms with Gasteiger partial charge in [0.15, 0.2) is 0 Å². The largest absolute Gasteiger partial charge is 0.351 e. The lowest BCUT2D eigenvalue weighted by Crippen LogP contribution is -2.38. The van der Waals surface area contributed by atoms with Crippen molar-refractivity contribution in [2.45, 2.75) is 31.7 Å². The van der Waals surface area contributed by atoms with Gasteiger partial charge in [0.05, 0.1) is 0 Å². The molecule has 2 aromatic rings. The molecule has 98 valence electrons. The maximum Gasteiger partial charge on any atom is 0.267 e. The molecule has 2 aliphatic carbocycles. The minimum absolute atomic E-state index is 0.0498. The van der Waals surface area contributed by atoms with Gasteiger partial charge in [-0.3, -0.25) is 4.79 Å². The fourth-order valence-electron chi connectivity index (χ4n) is 3.86. The zero-order valence-corrected chi connectivity index (χ0v) is 10.9. The van der Waals surface area contributed by atoms with E-state index < -0.39 is 0 Å². The van der Waals surface area contributed by atoms with E-state index in [9.17, 15) is 4.79 Å². The first kappa shape index (κ1) is 11.1. The van der Waals surface area contributed by atoms with Crippen LogP contribution in [0.4, 0.5) is 0 Å². The second kappa shape index (κ2) is 4.12. The number of rotatable bonds is 2. The van der Waals surface area contributed by atoms with Crippen LogP contribution in [0.25, 0.3) is 10.9 Å². The molecule has 3 heteroatoms. The maximum atomic E-state index is 12.3. The molecule has 1 aromatic carbocycles. The van der Waals surface area contributed by atoms with Gasteiger partial charge in [-0.25, -0.2) is 0 Å². The van der Waals surface area contributed by atoms with E-state index in [0.717, 1.165) is 22.7 Å². The summed E-state index contributed by atoms with van der Waals surface area (Å²) in [7, 11) is 0. The number of aromatic amines is 1. The monoisotopic (exact) mass is 254 g/mol. The van der Waals surface area contributed by atoms with E-state index in [1.54, 1.807) is 0 Å². The summed E-state index contributed by atoms with van der Waals surface area (Å²) in [5, 5.41) is 4.32. The molecule has 4 rings (SSSR count). The summed E-state index contributed by atoms with van der Waals surface area (Å²) in [6.45, 7) is 0. The summed E-state index contributed by atoms with van der Waals surface area (Å²) in [6, 6.07) is 10.4. The number of nitrogens with one attached hydrogen (secondary N) is 2. The fraction of sp³-hybridized carbons (Fsp3) is 0.438. The number of fused-ring (bicyclic) bond motifs is 3. The van der Waals surface area contributed by atoms with E-state index in [1.807, 2.05) is 30.3 Å². The molecule has 2 bridgehead atoms. The molecule has 0 radical (unpaired) electrons. The minimum atomic E-state index is 0.0498. The summed E-state index contributed by atoms with van der Waals surface area (Å²) >= 11 is 0. The van der Waals surface area contributed by atoms with Crippen LogP contribution in [-0.2, 0) is 0 Å². The summed E-state index contributed by atoms with van der Waals surface area (Å²) in [5.74, 6) is 1.63. The van der Waals surface area contributed by atoms with E-state index in [4.69, 9.17) is 0 Å². The van der Waals surface area contributed by atoms with Crippen LogP contribution in [0.3, 0.4) is 0 Å². The Morgan fingerprint density at radius 1 is 1.21 bits per heavy atom. The van der Waals surface area contributed by atoms with Gasteiger partial charge in [-0.15, -0.1) is 0 Å². The SMILES string of the molecule is O=C(NC1CC2CCC1C2)c1cc2ccccc2[nH]1. The van der Waals surface area contributed by atoms with Gasteiger partial charge in [0.2, 0.25) is 0 Å². The molecule has 2 fully saturated rings. The third-order valence-electron chi connectivity index (χ3n) is 4.83. The molecule has 2 aliphatic rings. The van der Waals surface area contributed by atoms with Crippen LogP contribution >= 0.6 is 0 Å². The maximum absolute atomic E-state index is 12.3. The van der Waals surface area contributed by atoms with E-state index >= 15 is 0 Å². The van der Waals surface area contributed by atoms with Crippen molar-refractivity contribution in [2.75, 3.05) is 0 Å². The van der Waals surface area contributed by atoms with Crippen LogP contribution in [0, 0.1) is 11.8 Å². The van der Waals surface area contributed by atoms with Crippen LogP contribution in [0.5, 0.6) is 0 Å². The lowest BCUT2D eigenvalue weighted by atomic mass is 9.95. The number of hydrogen-bond acceptors (Lipinski definition) is 1. The standard InChI is InChI=1S/C16H18N2O/c19-16(18-14-8-10-5-6-12(14)7-10)15-9-11-3-1-2-4-13(11)17-15/h1-4,9-10,12,14,17H,5-8H2,(H,18,19). The molecule has 1 heterocycles. The van der Waals surface area contributed by atoms with Gasteiger partial charge in [0, 0.05) is 16.9 Å². The minimum Gasteiger partial charge on any atom is -0.351 e. The predicted octanol–water partition coefficient (Wildman–Crippen LogP) is 3.09. The highest BCUT2D eigenvalue weighted by Gasteiger charge is 2.40. The Morgan fingerprint density at radius 2 is 2.11 bits per heavy atom. The molecule has 3 nitrogen and oxygen atoms in total. The summed E-state index contributed by atoms with van der Waals surface area (Å²) in [4.78, 5) is 15.5. The molecule has 3 atom stereocenters. The number of H-pyrrole nitrogens is 1. The lowest BCUT2D eigenvalue weighted by Gasteiger charge is -2.22. The van der Waals surface area contributed by atoms with Crippen molar-refractivity contribution in [2.24, 2.45) is 11.8 Å². The van der Waals surface area contributed by atoms with Crippen molar-refractivity contribution < 1.29 is 4.79 Å². The molecule has 1 aromatic heterocycles. The number of para-hydroxylation sites is 1. The zero-order chi connectivity index (χ0) is 12.8. The first-order chi connectivity index (χ1) is 9.29. The van der Waals surface area contributed by atoms with Crippen LogP contribution in [0.15, 0.2) is 30.3 Å². The number of hydrogen-bond donors (Lipinski definition) is 2. The molecule has 2 N–H and O–H groups in total. The Morgan fingerprint density at radius 3 is 2.84 bits per heavy atom. The Bertz CT molecular complexity index is 597. The van der Waals surface area contributed by atoms with E-state index in [2.05, 4.69) is 10.3 Å². The van der Waals surface area contributed by atoms with Gasteiger partial charge in [0.25, 0.3) is 5.91 Å². The van der Waals surface area contributed by atoms with E-state index in [0.29, 0.717) is 11.7 Å². The van der Waals surface area contributed by atoms with Crippen LogP contribution < -0.4 is 5.32 Å². The van der Waals surface area contributed by atoms with Gasteiger partial charge in [0.1, 0.15) is 5.69 Å². The number of amides is 1. The first-order valence-electron chi connectivity index (χ1n) is 7.18. The number of aromatic nitrogens is 1. The average Bonchev–Trinajstić information content (AvgIpc) is 3.12. The Hall–Kier alpha value is -1.77. The molecule has 3 unspecified atom stereocenters. The van der Waals surface area contributed by atoms with Crippen LogP contribution in [0.1, 0.15) is 36.2 Å². The zero-order valence-electron chi connectivity index (χ0n) is 10.9. The van der Waals surface area contributed by atoms with Crippen molar-refractivity contribution in [3.8, 4) is 0 Å². The van der Waals surface area contributed by atoms with Gasteiger partial charge in [-0.1, -0.05) is 24.6 Å². The molecule has 19 heavy (non-hydrogen) atoms. The molecular weight excluding hydrogens is 236 g/mol. The highest BCUT2D eigenvalue weighted by Crippen LogP contribution is 2.44. The highest BCUT2D eigenvalue weighted by atomic mass is 16.1. The summed E-state index contributed by atoms with van der Waals surface area (Å²) in [5.41, 5.74) is 1.71. The Kier molecular flexibility index (Phi) is 2.40. The molecule has 2 saturated carbocycles. The third kappa shape index (κ3) is 1.84. The number of carbonyl (C=O) groups excluding carboxylic acids is 1. The molecule has 0 aliphatic heterocycles. The molecular formula is C16H18N2O. The Labute approximate surface area is 112 Å². The fourth-order valence-corrected chi connectivity index (χ4v) is 3.86. The van der Waals surface area contributed by atoms with Crippen molar-refractivity contribution >= 4 is 16.8 Å². The van der Waals surface area contributed by atoms with E-state index in [1.165, 1.54) is 25.7 Å². The quantitative estimate of drug-likeness (QED) is 0.850. The first-order valence-corrected chi connectivity index (χ1v) is 7.18. The van der Waals surface area contributed by atoms with Crippen molar-refractivity contribution in [3.63, 3.8) is 0 Å². The Balaban J connectivity index is 1.53. The summed E-state index contributed by atoms with van der Waals surface area (Å²) < 4.78 is 0. The third-order valence-corrected chi connectivity index (χ3v) is 4.83. The second-order valence-electron chi connectivity index (χ2n) is 6.03. The summed E-state index contributed by atoms with van der Waals surface area (Å²) in [6.07, 6.45) is 5.15. The van der Waals surface area contributed by atoms with Gasteiger partial charge in [-0.05, 0) is 43.2 Å². The molecule has 1 amide bonds. The second-order valence-corrected chi connectivity index (χ2v) is 6.03. The highest BCUT2D eigenvalue weighted by molar-refractivity contribution is 5.98. The van der Waals surface area contributed by atoms with Gasteiger partial charge < -0.3 is 10.3 Å². The number of benzene rings is 1. The van der Waals surface area contributed by atoms with Gasteiger partial charge >= 0.3 is 0 Å². The van der Waals surface area contributed by atoms with Gasteiger partial charge in [-0.2, -0.15) is 0 Å². The normalized spacial score (nSPS) is 28.9. The molecule has 0 spiro atoms. The van der Waals surface area contributed by atoms with Crippen LogP contribution in [0.2, 0.25) is 0 Å². The van der Waals surface area contributed by atoms with Crippen molar-refractivity contribution in [3.05, 3.63) is 36.0 Å². The van der Waals surface area contributed by atoms with Crippen molar-refractivity contribution in [1.82, 2.24) is 10.3 Å². The molecule has 0 saturated heterocycles. The van der Waals surface area contributed by atoms with E-state index in [-0.39, 0.29) is 5.91 Å².